The van der Waals surface area contributed by atoms with Gasteiger partial charge >= 0.3 is 6.03 Å². The maximum Gasteiger partial charge on any atom is 0.322 e. The fourth-order valence-corrected chi connectivity index (χ4v) is 4.56. The number of carbonyl (C=O) groups is 1. The Morgan fingerprint density at radius 1 is 1.26 bits per heavy atom. The first-order valence-electron chi connectivity index (χ1n) is 8.97. The summed E-state index contributed by atoms with van der Waals surface area (Å²) in [5.74, 6) is 0. The molecule has 1 fully saturated rings. The van der Waals surface area contributed by atoms with Crippen LogP contribution < -0.4 is 5.32 Å². The van der Waals surface area contributed by atoms with Crippen LogP contribution in [0.2, 0.25) is 5.02 Å². The van der Waals surface area contributed by atoms with Crippen molar-refractivity contribution < 1.29 is 4.79 Å². The number of urea groups is 1. The Labute approximate surface area is 167 Å². The van der Waals surface area contributed by atoms with E-state index in [1.54, 1.807) is 17.4 Å². The predicted octanol–water partition coefficient (Wildman–Crippen LogP) is 6.14. The molecule has 0 aliphatic carbocycles. The average Bonchev–Trinajstić information content (AvgIpc) is 3.34. The van der Waals surface area contributed by atoms with Crippen LogP contribution in [0.5, 0.6) is 0 Å². The summed E-state index contributed by atoms with van der Waals surface area (Å²) in [7, 11) is 0. The maximum absolute atomic E-state index is 12.8. The summed E-state index contributed by atoms with van der Waals surface area (Å²) < 4.78 is 0. The van der Waals surface area contributed by atoms with Crippen molar-refractivity contribution in [2.75, 3.05) is 11.9 Å². The van der Waals surface area contributed by atoms with Crippen LogP contribution in [0.25, 0.3) is 10.4 Å². The van der Waals surface area contributed by atoms with Crippen LogP contribution in [-0.4, -0.2) is 22.5 Å². The van der Waals surface area contributed by atoms with Crippen LogP contribution in [-0.2, 0) is 0 Å². The fourth-order valence-electron chi connectivity index (χ4n) is 3.31. The molecule has 1 aliphatic heterocycles. The first-order chi connectivity index (χ1) is 13.1. The molecule has 1 N–H and O–H groups in total. The number of benzene rings is 2. The molecule has 0 radical (unpaired) electrons. The third-order valence-electron chi connectivity index (χ3n) is 4.80. The van der Waals surface area contributed by atoms with Gasteiger partial charge < -0.3 is 10.2 Å². The molecule has 1 aromatic heterocycles. The topological polar surface area (TPSA) is 45.2 Å². The zero-order valence-corrected chi connectivity index (χ0v) is 16.6. The minimum absolute atomic E-state index is 0.0217. The zero-order chi connectivity index (χ0) is 18.8. The number of nitrogens with zero attached hydrogens (tertiary/aromatic N) is 2. The highest BCUT2D eigenvalue weighted by molar-refractivity contribution is 7.15. The van der Waals surface area contributed by atoms with Crippen LogP contribution in [0.4, 0.5) is 10.5 Å². The number of amides is 2. The molecule has 3 aromatic rings. The lowest BCUT2D eigenvalue weighted by molar-refractivity contribution is 0.207. The molecule has 2 amide bonds. The second-order valence-electron chi connectivity index (χ2n) is 6.67. The summed E-state index contributed by atoms with van der Waals surface area (Å²) in [5, 5.41) is 4.61. The van der Waals surface area contributed by atoms with E-state index in [0.29, 0.717) is 10.7 Å². The van der Waals surface area contributed by atoms with Gasteiger partial charge in [0.05, 0.1) is 10.9 Å². The van der Waals surface area contributed by atoms with Gasteiger partial charge in [-0.1, -0.05) is 48.0 Å². The van der Waals surface area contributed by atoms with Gasteiger partial charge in [0, 0.05) is 23.5 Å². The van der Waals surface area contributed by atoms with Gasteiger partial charge in [0.15, 0.2) is 0 Å². The molecule has 0 saturated carbocycles. The summed E-state index contributed by atoms with van der Waals surface area (Å²) in [6, 6.07) is 15.7. The number of carbonyl (C=O) groups excluding carboxylic acids is 1. The van der Waals surface area contributed by atoms with Crippen molar-refractivity contribution in [1.82, 2.24) is 9.88 Å². The van der Waals surface area contributed by atoms with Gasteiger partial charge in [-0.25, -0.2) is 9.78 Å². The number of anilines is 1. The van der Waals surface area contributed by atoms with Crippen molar-refractivity contribution >= 4 is 34.7 Å². The molecule has 1 saturated heterocycles. The number of aromatic nitrogens is 1. The zero-order valence-electron chi connectivity index (χ0n) is 15.0. The van der Waals surface area contributed by atoms with Crippen LogP contribution in [0.3, 0.4) is 0 Å². The largest absolute Gasteiger partial charge is 0.322 e. The first-order valence-corrected chi connectivity index (χ1v) is 10.2. The van der Waals surface area contributed by atoms with E-state index >= 15 is 0 Å². The normalized spacial score (nSPS) is 16.5. The second-order valence-corrected chi connectivity index (χ2v) is 8.14. The average molecular weight is 398 g/mol. The number of halogens is 1. The van der Waals surface area contributed by atoms with Crippen LogP contribution in [0, 0.1) is 6.92 Å². The molecule has 2 aromatic carbocycles. The molecular weight excluding hydrogens is 378 g/mol. The van der Waals surface area contributed by atoms with Crippen molar-refractivity contribution in [2.45, 2.75) is 25.8 Å². The Bertz CT molecular complexity index is 957. The summed E-state index contributed by atoms with van der Waals surface area (Å²) in [5.41, 5.74) is 2.86. The van der Waals surface area contributed by atoms with Gasteiger partial charge in [0.2, 0.25) is 0 Å². The maximum atomic E-state index is 12.8. The lowest BCUT2D eigenvalue weighted by Crippen LogP contribution is -2.34. The fraction of sp³-hybridized carbons (Fsp3) is 0.238. The van der Waals surface area contributed by atoms with E-state index in [0.717, 1.165) is 40.4 Å². The Balaban J connectivity index is 1.51. The lowest BCUT2D eigenvalue weighted by Gasteiger charge is -2.23. The van der Waals surface area contributed by atoms with Gasteiger partial charge in [-0.3, -0.25) is 0 Å². The SMILES string of the molecule is Cc1ccc(NC(=O)N2CCC[C@H]2c2ncc(-c3ccccc3)s2)cc1Cl. The lowest BCUT2D eigenvalue weighted by atomic mass is 10.2. The van der Waals surface area contributed by atoms with E-state index in [9.17, 15) is 4.79 Å². The Hall–Kier alpha value is -2.37. The van der Waals surface area contributed by atoms with Crippen molar-refractivity contribution in [3.05, 3.63) is 70.3 Å². The van der Waals surface area contributed by atoms with Crippen molar-refractivity contribution in [3.8, 4) is 10.4 Å². The van der Waals surface area contributed by atoms with Crippen LogP contribution in [0.1, 0.15) is 29.5 Å². The molecule has 1 atom stereocenters. The Morgan fingerprint density at radius 3 is 2.85 bits per heavy atom. The molecule has 2 heterocycles. The van der Waals surface area contributed by atoms with E-state index in [4.69, 9.17) is 11.6 Å². The van der Waals surface area contributed by atoms with Gasteiger partial charge in [-0.2, -0.15) is 0 Å². The summed E-state index contributed by atoms with van der Waals surface area (Å²) in [6.07, 6.45) is 3.82. The van der Waals surface area contributed by atoms with Crippen molar-refractivity contribution in [2.24, 2.45) is 0 Å². The van der Waals surface area contributed by atoms with Gasteiger partial charge in [-0.05, 0) is 43.0 Å². The smallest absolute Gasteiger partial charge is 0.315 e. The minimum atomic E-state index is -0.103. The van der Waals surface area contributed by atoms with E-state index in [-0.39, 0.29) is 12.1 Å². The van der Waals surface area contributed by atoms with Gasteiger partial charge in [0.25, 0.3) is 0 Å². The molecular formula is C21H20ClN3OS. The highest BCUT2D eigenvalue weighted by Gasteiger charge is 2.32. The van der Waals surface area contributed by atoms with Crippen molar-refractivity contribution in [3.63, 3.8) is 0 Å². The molecule has 0 spiro atoms. The highest BCUT2D eigenvalue weighted by Crippen LogP contribution is 2.37. The molecule has 27 heavy (non-hydrogen) atoms. The number of thiazole rings is 1. The number of hydrogen-bond donors (Lipinski definition) is 1. The number of aryl methyl sites for hydroxylation is 1. The molecule has 6 heteroatoms. The van der Waals surface area contributed by atoms with Crippen molar-refractivity contribution in [1.29, 1.82) is 0 Å². The number of rotatable bonds is 3. The van der Waals surface area contributed by atoms with E-state index in [1.807, 2.05) is 48.4 Å². The number of likely N-dealkylation sites (tertiary alicyclic amines) is 1. The number of nitrogens with one attached hydrogen (secondary N) is 1. The highest BCUT2D eigenvalue weighted by atomic mass is 35.5. The Kier molecular flexibility index (Phi) is 5.14. The Morgan fingerprint density at radius 2 is 2.07 bits per heavy atom. The number of hydrogen-bond acceptors (Lipinski definition) is 3. The van der Waals surface area contributed by atoms with E-state index in [2.05, 4.69) is 22.4 Å². The van der Waals surface area contributed by atoms with Crippen LogP contribution in [0.15, 0.2) is 54.7 Å². The second kappa shape index (κ2) is 7.71. The molecule has 138 valence electrons. The van der Waals surface area contributed by atoms with E-state index in [1.165, 1.54) is 0 Å². The predicted molar refractivity (Wildman–Crippen MR) is 111 cm³/mol. The molecule has 4 nitrogen and oxygen atoms in total. The third-order valence-corrected chi connectivity index (χ3v) is 6.36. The third kappa shape index (κ3) is 3.84. The molecule has 0 unspecified atom stereocenters. The summed E-state index contributed by atoms with van der Waals surface area (Å²) in [6.45, 7) is 2.67. The van der Waals surface area contributed by atoms with Gasteiger partial charge in [0.1, 0.15) is 5.01 Å². The molecule has 4 rings (SSSR count). The van der Waals surface area contributed by atoms with Crippen LogP contribution >= 0.6 is 22.9 Å². The summed E-state index contributed by atoms with van der Waals surface area (Å²) >= 11 is 7.83. The molecule has 1 aliphatic rings. The monoisotopic (exact) mass is 397 g/mol. The minimum Gasteiger partial charge on any atom is -0.315 e. The molecule has 0 bridgehead atoms. The van der Waals surface area contributed by atoms with E-state index < -0.39 is 0 Å². The first kappa shape index (κ1) is 18.0. The van der Waals surface area contributed by atoms with Gasteiger partial charge in [-0.15, -0.1) is 11.3 Å². The standard InChI is InChI=1S/C21H20ClN3OS/c1-14-9-10-16(12-17(14)22)24-21(26)25-11-5-8-18(25)20-23-13-19(27-20)15-6-3-2-4-7-15/h2-4,6-7,9-10,12-13,18H,5,8,11H2,1H3,(H,24,26)/t18-/m0/s1. The summed E-state index contributed by atoms with van der Waals surface area (Å²) in [4.78, 5) is 20.4. The quantitative estimate of drug-likeness (QED) is 0.576.